The topological polar surface area (TPSA) is 92.3 Å². The summed E-state index contributed by atoms with van der Waals surface area (Å²) in [4.78, 5) is 23.3. The van der Waals surface area contributed by atoms with Crippen LogP contribution in [0.1, 0.15) is 25.3 Å². The summed E-state index contributed by atoms with van der Waals surface area (Å²) in [6, 6.07) is 7.53. The second kappa shape index (κ2) is 8.53. The molecular formula is C15H22N2O4S. The van der Waals surface area contributed by atoms with Crippen LogP contribution in [0.15, 0.2) is 24.3 Å². The summed E-state index contributed by atoms with van der Waals surface area (Å²) < 4.78 is 21.8. The quantitative estimate of drug-likeness (QED) is 0.749. The number of rotatable bonds is 8. The molecule has 0 aliphatic rings. The van der Waals surface area contributed by atoms with Crippen LogP contribution in [0.5, 0.6) is 0 Å². The SMILES string of the molecule is CCc1cccc(NC(=O)CCC(=O)NCCS(C)(=O)=O)c1. The van der Waals surface area contributed by atoms with E-state index in [9.17, 15) is 18.0 Å². The number of aryl methyl sites for hydroxylation is 1. The van der Waals surface area contributed by atoms with Gasteiger partial charge >= 0.3 is 0 Å². The fourth-order valence-corrected chi connectivity index (χ4v) is 2.26. The predicted molar refractivity (Wildman–Crippen MR) is 86.4 cm³/mol. The van der Waals surface area contributed by atoms with Crippen LogP contribution in [0.3, 0.4) is 0 Å². The van der Waals surface area contributed by atoms with Crippen LogP contribution in [0.2, 0.25) is 0 Å². The first-order valence-electron chi connectivity index (χ1n) is 7.13. The minimum absolute atomic E-state index is 0.0308. The molecule has 1 rings (SSSR count). The highest BCUT2D eigenvalue weighted by atomic mass is 32.2. The molecule has 122 valence electrons. The Morgan fingerprint density at radius 2 is 1.82 bits per heavy atom. The molecule has 0 aromatic heterocycles. The van der Waals surface area contributed by atoms with Crippen molar-refractivity contribution >= 4 is 27.3 Å². The van der Waals surface area contributed by atoms with Gasteiger partial charge in [0.1, 0.15) is 9.84 Å². The number of carbonyl (C=O) groups excluding carboxylic acids is 2. The first-order valence-corrected chi connectivity index (χ1v) is 9.19. The highest BCUT2D eigenvalue weighted by Crippen LogP contribution is 2.11. The molecule has 7 heteroatoms. The van der Waals surface area contributed by atoms with E-state index in [1.54, 1.807) is 6.07 Å². The molecule has 0 saturated carbocycles. The average molecular weight is 326 g/mol. The molecule has 22 heavy (non-hydrogen) atoms. The molecule has 0 saturated heterocycles. The van der Waals surface area contributed by atoms with Gasteiger partial charge in [0.25, 0.3) is 0 Å². The van der Waals surface area contributed by atoms with Crippen molar-refractivity contribution in [2.45, 2.75) is 26.2 Å². The van der Waals surface area contributed by atoms with Crippen LogP contribution < -0.4 is 10.6 Å². The minimum Gasteiger partial charge on any atom is -0.355 e. The number of amides is 2. The Kier molecular flexibility index (Phi) is 7.04. The smallest absolute Gasteiger partial charge is 0.224 e. The molecule has 6 nitrogen and oxygen atoms in total. The summed E-state index contributed by atoms with van der Waals surface area (Å²) >= 11 is 0. The molecular weight excluding hydrogens is 304 g/mol. The van der Waals surface area contributed by atoms with Gasteiger partial charge in [0, 0.05) is 31.3 Å². The second-order valence-corrected chi connectivity index (χ2v) is 7.34. The molecule has 0 aliphatic carbocycles. The van der Waals surface area contributed by atoms with Gasteiger partial charge in [0.15, 0.2) is 0 Å². The number of benzene rings is 1. The van der Waals surface area contributed by atoms with Gasteiger partial charge in [-0.2, -0.15) is 0 Å². The van der Waals surface area contributed by atoms with Crippen LogP contribution in [0, 0.1) is 0 Å². The molecule has 2 amide bonds. The van der Waals surface area contributed by atoms with Gasteiger partial charge in [-0.05, 0) is 24.1 Å². The van der Waals surface area contributed by atoms with Crippen LogP contribution in [-0.4, -0.2) is 38.8 Å². The number of hydrogen-bond acceptors (Lipinski definition) is 4. The Hall–Kier alpha value is -1.89. The van der Waals surface area contributed by atoms with E-state index >= 15 is 0 Å². The van der Waals surface area contributed by atoms with Crippen molar-refractivity contribution in [2.24, 2.45) is 0 Å². The van der Waals surface area contributed by atoms with Gasteiger partial charge in [-0.15, -0.1) is 0 Å². The Bertz CT molecular complexity index is 626. The first kappa shape index (κ1) is 18.2. The zero-order chi connectivity index (χ0) is 16.6. The summed E-state index contributed by atoms with van der Waals surface area (Å²) in [6.07, 6.45) is 2.08. The third-order valence-electron chi connectivity index (χ3n) is 2.99. The molecule has 1 aromatic carbocycles. The van der Waals surface area contributed by atoms with Gasteiger partial charge in [0.2, 0.25) is 11.8 Å². The largest absolute Gasteiger partial charge is 0.355 e. The Morgan fingerprint density at radius 1 is 1.14 bits per heavy atom. The van der Waals surface area contributed by atoms with E-state index < -0.39 is 9.84 Å². The summed E-state index contributed by atoms with van der Waals surface area (Å²) in [6.45, 7) is 2.10. The van der Waals surface area contributed by atoms with Crippen molar-refractivity contribution in [2.75, 3.05) is 23.9 Å². The lowest BCUT2D eigenvalue weighted by Crippen LogP contribution is -2.29. The van der Waals surface area contributed by atoms with Crippen molar-refractivity contribution in [1.82, 2.24) is 5.32 Å². The first-order chi connectivity index (χ1) is 10.3. The molecule has 0 spiro atoms. The van der Waals surface area contributed by atoms with Gasteiger partial charge in [-0.3, -0.25) is 9.59 Å². The molecule has 0 radical (unpaired) electrons. The van der Waals surface area contributed by atoms with Gasteiger partial charge in [-0.1, -0.05) is 19.1 Å². The lowest BCUT2D eigenvalue weighted by atomic mass is 10.1. The normalized spacial score (nSPS) is 11.0. The van der Waals surface area contributed by atoms with E-state index in [2.05, 4.69) is 10.6 Å². The zero-order valence-corrected chi connectivity index (χ0v) is 13.7. The average Bonchev–Trinajstić information content (AvgIpc) is 2.44. The van der Waals surface area contributed by atoms with E-state index in [4.69, 9.17) is 0 Å². The van der Waals surface area contributed by atoms with Crippen molar-refractivity contribution in [1.29, 1.82) is 0 Å². The fraction of sp³-hybridized carbons (Fsp3) is 0.467. The van der Waals surface area contributed by atoms with Crippen molar-refractivity contribution in [3.05, 3.63) is 29.8 Å². The van der Waals surface area contributed by atoms with Crippen molar-refractivity contribution < 1.29 is 18.0 Å². The van der Waals surface area contributed by atoms with Crippen LogP contribution in [0.4, 0.5) is 5.69 Å². The van der Waals surface area contributed by atoms with E-state index in [0.717, 1.165) is 18.2 Å². The maximum atomic E-state index is 11.8. The maximum Gasteiger partial charge on any atom is 0.224 e. The van der Waals surface area contributed by atoms with Crippen molar-refractivity contribution in [3.63, 3.8) is 0 Å². The predicted octanol–water partition coefficient (Wildman–Crippen LogP) is 1.13. The standard InChI is InChI=1S/C15H22N2O4S/c1-3-12-5-4-6-13(11-12)17-15(19)8-7-14(18)16-9-10-22(2,20)21/h4-6,11H,3,7-10H2,1-2H3,(H,16,18)(H,17,19). The van der Waals surface area contributed by atoms with Gasteiger partial charge in [-0.25, -0.2) is 8.42 Å². The highest BCUT2D eigenvalue weighted by molar-refractivity contribution is 7.90. The molecule has 0 heterocycles. The molecule has 2 N–H and O–H groups in total. The maximum absolute atomic E-state index is 11.8. The lowest BCUT2D eigenvalue weighted by Gasteiger charge is -2.07. The molecule has 0 bridgehead atoms. The van der Waals surface area contributed by atoms with E-state index in [-0.39, 0.29) is 37.0 Å². The summed E-state index contributed by atoms with van der Waals surface area (Å²) in [5, 5.41) is 5.22. The molecule has 0 unspecified atom stereocenters. The number of nitrogens with one attached hydrogen (secondary N) is 2. The molecule has 0 fully saturated rings. The number of anilines is 1. The van der Waals surface area contributed by atoms with E-state index in [1.165, 1.54) is 0 Å². The Labute approximate surface area is 131 Å². The van der Waals surface area contributed by atoms with Crippen LogP contribution in [-0.2, 0) is 25.8 Å². The lowest BCUT2D eigenvalue weighted by molar-refractivity contribution is -0.124. The number of carbonyl (C=O) groups is 2. The van der Waals surface area contributed by atoms with E-state index in [1.807, 2.05) is 25.1 Å². The Morgan fingerprint density at radius 3 is 2.45 bits per heavy atom. The molecule has 0 atom stereocenters. The third-order valence-corrected chi connectivity index (χ3v) is 3.94. The minimum atomic E-state index is -3.09. The monoisotopic (exact) mass is 326 g/mol. The van der Waals surface area contributed by atoms with Gasteiger partial charge in [0.05, 0.1) is 5.75 Å². The van der Waals surface area contributed by atoms with Gasteiger partial charge < -0.3 is 10.6 Å². The van der Waals surface area contributed by atoms with Crippen LogP contribution >= 0.6 is 0 Å². The Balaban J connectivity index is 2.31. The molecule has 1 aromatic rings. The third kappa shape index (κ3) is 7.78. The summed E-state index contributed by atoms with van der Waals surface area (Å²) in [5.41, 5.74) is 1.83. The highest BCUT2D eigenvalue weighted by Gasteiger charge is 2.08. The number of hydrogen-bond donors (Lipinski definition) is 2. The second-order valence-electron chi connectivity index (χ2n) is 5.08. The number of sulfone groups is 1. The zero-order valence-electron chi connectivity index (χ0n) is 12.9. The summed E-state index contributed by atoms with van der Waals surface area (Å²) in [7, 11) is -3.09. The fourth-order valence-electron chi connectivity index (χ4n) is 1.78. The molecule has 0 aliphatic heterocycles. The van der Waals surface area contributed by atoms with Crippen molar-refractivity contribution in [3.8, 4) is 0 Å². The van der Waals surface area contributed by atoms with E-state index in [0.29, 0.717) is 5.69 Å². The van der Waals surface area contributed by atoms with Crippen LogP contribution in [0.25, 0.3) is 0 Å². The summed E-state index contributed by atoms with van der Waals surface area (Å²) in [5.74, 6) is -0.679.